The average molecular weight is 255 g/mol. The molecule has 0 spiro atoms. The smallest absolute Gasteiger partial charge is 0.408 e. The minimum Gasteiger partial charge on any atom is -0.444 e. The van der Waals surface area contributed by atoms with Crippen LogP contribution in [0.4, 0.5) is 9.18 Å². The highest BCUT2D eigenvalue weighted by molar-refractivity contribution is 5.68. The Morgan fingerprint density at radius 2 is 1.94 bits per heavy atom. The van der Waals surface area contributed by atoms with Gasteiger partial charge < -0.3 is 15.2 Å². The van der Waals surface area contributed by atoms with Gasteiger partial charge in [0.2, 0.25) is 0 Å². The maximum Gasteiger partial charge on any atom is 0.408 e. The first kappa shape index (κ1) is 14.4. The van der Waals surface area contributed by atoms with Gasteiger partial charge in [0.25, 0.3) is 0 Å². The van der Waals surface area contributed by atoms with Gasteiger partial charge in [-0.1, -0.05) is 12.1 Å². The zero-order valence-corrected chi connectivity index (χ0v) is 10.7. The van der Waals surface area contributed by atoms with Crippen LogP contribution in [-0.4, -0.2) is 23.4 Å². The van der Waals surface area contributed by atoms with E-state index in [1.165, 1.54) is 24.3 Å². The Hall–Kier alpha value is -1.62. The van der Waals surface area contributed by atoms with Crippen LogP contribution < -0.4 is 5.32 Å². The minimum absolute atomic E-state index is 0.287. The van der Waals surface area contributed by atoms with Crippen LogP contribution in [0.1, 0.15) is 32.4 Å². The number of rotatable bonds is 3. The molecule has 1 rings (SSSR count). The summed E-state index contributed by atoms with van der Waals surface area (Å²) in [6.45, 7) is 4.96. The first-order valence-corrected chi connectivity index (χ1v) is 5.67. The molecule has 1 aromatic rings. The zero-order valence-electron chi connectivity index (χ0n) is 10.7. The number of carbonyl (C=O) groups excluding carboxylic acids is 1. The molecule has 18 heavy (non-hydrogen) atoms. The van der Waals surface area contributed by atoms with E-state index in [1.807, 2.05) is 0 Å². The van der Waals surface area contributed by atoms with Crippen LogP contribution in [0.5, 0.6) is 0 Å². The van der Waals surface area contributed by atoms with Crippen LogP contribution in [0.3, 0.4) is 0 Å². The van der Waals surface area contributed by atoms with Gasteiger partial charge in [-0.25, -0.2) is 9.18 Å². The van der Waals surface area contributed by atoms with Gasteiger partial charge >= 0.3 is 6.09 Å². The molecule has 2 N–H and O–H groups in total. The molecule has 0 unspecified atom stereocenters. The lowest BCUT2D eigenvalue weighted by Gasteiger charge is -2.23. The van der Waals surface area contributed by atoms with Crippen LogP contribution in [0.25, 0.3) is 0 Å². The second-order valence-electron chi connectivity index (χ2n) is 4.93. The molecule has 0 saturated carbocycles. The minimum atomic E-state index is -0.620. The van der Waals surface area contributed by atoms with Crippen LogP contribution >= 0.6 is 0 Å². The first-order chi connectivity index (χ1) is 8.31. The normalized spacial score (nSPS) is 12.9. The Kier molecular flexibility index (Phi) is 4.67. The molecule has 5 heteroatoms. The lowest BCUT2D eigenvalue weighted by Crippen LogP contribution is -2.36. The van der Waals surface area contributed by atoms with Crippen LogP contribution in [-0.2, 0) is 4.74 Å². The highest BCUT2D eigenvalue weighted by Crippen LogP contribution is 2.14. The molecule has 4 nitrogen and oxygen atoms in total. The summed E-state index contributed by atoms with van der Waals surface area (Å²) in [4.78, 5) is 11.5. The topological polar surface area (TPSA) is 58.6 Å². The standard InChI is InChI=1S/C13H18FNO3/c1-13(2,3)18-12(17)15-11(8-16)9-4-6-10(14)7-5-9/h4-7,11,16H,8H2,1-3H3,(H,15,17)/t11-/m0/s1. The molecule has 0 aromatic heterocycles. The second-order valence-corrected chi connectivity index (χ2v) is 4.93. The van der Waals surface area contributed by atoms with E-state index < -0.39 is 17.7 Å². The maximum atomic E-state index is 12.8. The van der Waals surface area contributed by atoms with E-state index in [9.17, 15) is 14.3 Å². The van der Waals surface area contributed by atoms with E-state index in [2.05, 4.69) is 5.32 Å². The number of carbonyl (C=O) groups is 1. The summed E-state index contributed by atoms with van der Waals surface area (Å²) < 4.78 is 17.8. The zero-order chi connectivity index (χ0) is 13.8. The highest BCUT2D eigenvalue weighted by Gasteiger charge is 2.20. The fraction of sp³-hybridized carbons (Fsp3) is 0.462. The van der Waals surface area contributed by atoms with Crippen molar-refractivity contribution in [2.24, 2.45) is 0 Å². The molecule has 0 bridgehead atoms. The number of aliphatic hydroxyl groups excluding tert-OH is 1. The SMILES string of the molecule is CC(C)(C)OC(=O)N[C@@H](CO)c1ccc(F)cc1. The number of benzene rings is 1. The molecule has 1 amide bonds. The fourth-order valence-corrected chi connectivity index (χ4v) is 1.38. The summed E-state index contributed by atoms with van der Waals surface area (Å²) in [5.74, 6) is -0.368. The van der Waals surface area contributed by atoms with E-state index >= 15 is 0 Å². The molecule has 0 saturated heterocycles. The van der Waals surface area contributed by atoms with Crippen molar-refractivity contribution in [2.75, 3.05) is 6.61 Å². The lowest BCUT2D eigenvalue weighted by atomic mass is 10.1. The summed E-state index contributed by atoms with van der Waals surface area (Å²) >= 11 is 0. The number of nitrogens with one attached hydrogen (secondary N) is 1. The van der Waals surface area contributed by atoms with E-state index in [0.717, 1.165) is 0 Å². The highest BCUT2D eigenvalue weighted by atomic mass is 19.1. The third-order valence-corrected chi connectivity index (χ3v) is 2.15. The third-order valence-electron chi connectivity index (χ3n) is 2.15. The predicted octanol–water partition coefficient (Wildman–Crippen LogP) is 2.38. The van der Waals surface area contributed by atoms with E-state index in [4.69, 9.17) is 4.74 Å². The number of ether oxygens (including phenoxy) is 1. The van der Waals surface area contributed by atoms with Crippen LogP contribution in [0, 0.1) is 5.82 Å². The number of aliphatic hydroxyl groups is 1. The Balaban J connectivity index is 2.68. The van der Waals surface area contributed by atoms with Gasteiger partial charge in [0, 0.05) is 0 Å². The molecule has 0 radical (unpaired) electrons. The second kappa shape index (κ2) is 5.82. The lowest BCUT2D eigenvalue weighted by molar-refractivity contribution is 0.0482. The van der Waals surface area contributed by atoms with Crippen LogP contribution in [0.15, 0.2) is 24.3 Å². The summed E-state index contributed by atoms with van der Waals surface area (Å²) in [5.41, 5.74) is 0.0112. The van der Waals surface area contributed by atoms with Gasteiger partial charge in [-0.15, -0.1) is 0 Å². The first-order valence-electron chi connectivity index (χ1n) is 5.67. The number of amides is 1. The largest absolute Gasteiger partial charge is 0.444 e. The van der Waals surface area contributed by atoms with E-state index in [1.54, 1.807) is 20.8 Å². The van der Waals surface area contributed by atoms with Gasteiger partial charge in [0.05, 0.1) is 12.6 Å². The van der Waals surface area contributed by atoms with E-state index in [-0.39, 0.29) is 12.4 Å². The predicted molar refractivity (Wildman–Crippen MR) is 65.6 cm³/mol. The van der Waals surface area contributed by atoms with Gasteiger partial charge in [-0.05, 0) is 38.5 Å². The van der Waals surface area contributed by atoms with Crippen molar-refractivity contribution in [2.45, 2.75) is 32.4 Å². The summed E-state index contributed by atoms with van der Waals surface area (Å²) in [6.07, 6.45) is -0.620. The van der Waals surface area contributed by atoms with Crippen molar-refractivity contribution in [3.8, 4) is 0 Å². The molecule has 0 heterocycles. The van der Waals surface area contributed by atoms with Crippen molar-refractivity contribution in [1.29, 1.82) is 0 Å². The van der Waals surface area contributed by atoms with Crippen molar-refractivity contribution >= 4 is 6.09 Å². The third kappa shape index (κ3) is 4.71. The number of alkyl carbamates (subject to hydrolysis) is 1. The van der Waals surface area contributed by atoms with Crippen molar-refractivity contribution in [3.05, 3.63) is 35.6 Å². The molecular formula is C13H18FNO3. The molecular weight excluding hydrogens is 237 g/mol. The Morgan fingerprint density at radius 1 is 1.39 bits per heavy atom. The summed E-state index contributed by atoms with van der Waals surface area (Å²) in [5, 5.41) is 11.8. The Labute approximate surface area is 106 Å². The molecule has 100 valence electrons. The Bertz CT molecular complexity index is 398. The van der Waals surface area contributed by atoms with Crippen molar-refractivity contribution in [1.82, 2.24) is 5.32 Å². The molecule has 1 aromatic carbocycles. The van der Waals surface area contributed by atoms with Gasteiger partial charge in [-0.3, -0.25) is 0 Å². The van der Waals surface area contributed by atoms with Gasteiger partial charge in [0.1, 0.15) is 11.4 Å². The quantitative estimate of drug-likeness (QED) is 0.871. The molecule has 0 aliphatic heterocycles. The molecule has 0 aliphatic carbocycles. The number of hydrogen-bond acceptors (Lipinski definition) is 3. The van der Waals surface area contributed by atoms with Crippen molar-refractivity contribution in [3.63, 3.8) is 0 Å². The summed E-state index contributed by atoms with van der Waals surface area (Å²) in [6, 6.07) is 4.95. The van der Waals surface area contributed by atoms with E-state index in [0.29, 0.717) is 5.56 Å². The monoisotopic (exact) mass is 255 g/mol. The molecule has 1 atom stereocenters. The van der Waals surface area contributed by atoms with Crippen LogP contribution in [0.2, 0.25) is 0 Å². The number of halogens is 1. The van der Waals surface area contributed by atoms with Gasteiger partial charge in [-0.2, -0.15) is 0 Å². The van der Waals surface area contributed by atoms with Gasteiger partial charge in [0.15, 0.2) is 0 Å². The molecule has 0 fully saturated rings. The van der Waals surface area contributed by atoms with Crippen molar-refractivity contribution < 1.29 is 19.0 Å². The molecule has 0 aliphatic rings. The number of hydrogen-bond donors (Lipinski definition) is 2. The fourth-order valence-electron chi connectivity index (χ4n) is 1.38. The average Bonchev–Trinajstić information content (AvgIpc) is 2.25. The Morgan fingerprint density at radius 3 is 2.39 bits per heavy atom. The summed E-state index contributed by atoms with van der Waals surface area (Å²) in [7, 11) is 0. The maximum absolute atomic E-state index is 12.8.